The molecule has 4 aliphatic rings. The van der Waals surface area contributed by atoms with E-state index < -0.39 is 0 Å². The smallest absolute Gasteiger partial charge is 0.333 e. The van der Waals surface area contributed by atoms with Crippen molar-refractivity contribution in [3.8, 4) is 0 Å². The minimum atomic E-state index is -0.218. The maximum atomic E-state index is 11.7. The molecule has 0 aromatic carbocycles. The van der Waals surface area contributed by atoms with Gasteiger partial charge in [0.05, 0.1) is 0 Å². The van der Waals surface area contributed by atoms with Crippen LogP contribution >= 0.6 is 0 Å². The van der Waals surface area contributed by atoms with E-state index in [-0.39, 0.29) is 12.1 Å². The summed E-state index contributed by atoms with van der Waals surface area (Å²) in [6, 6.07) is 0. The molecule has 4 bridgehead atoms. The maximum absolute atomic E-state index is 11.7. The molecule has 0 aromatic rings. The Bertz CT molecular complexity index is 492. The van der Waals surface area contributed by atoms with Gasteiger partial charge in [-0.2, -0.15) is 0 Å². The monoisotopic (exact) mass is 272 g/mol. The minimum Gasteiger partial charge on any atom is -0.459 e. The van der Waals surface area contributed by atoms with Gasteiger partial charge in [-0.1, -0.05) is 18.7 Å². The van der Waals surface area contributed by atoms with E-state index >= 15 is 0 Å². The molecule has 0 N–H and O–H groups in total. The van der Waals surface area contributed by atoms with Crippen LogP contribution in [-0.4, -0.2) is 12.1 Å². The van der Waals surface area contributed by atoms with Crippen molar-refractivity contribution in [2.45, 2.75) is 39.2 Å². The number of hydrogen-bond acceptors (Lipinski definition) is 2. The van der Waals surface area contributed by atoms with E-state index in [1.54, 1.807) is 6.92 Å². The lowest BCUT2D eigenvalue weighted by Crippen LogP contribution is -2.37. The lowest BCUT2D eigenvalue weighted by molar-refractivity contribution is -0.147. The summed E-state index contributed by atoms with van der Waals surface area (Å²) in [5, 5.41) is 0. The molecule has 4 rings (SSSR count). The molecule has 108 valence electrons. The Kier molecular flexibility index (Phi) is 2.68. The number of esters is 1. The Morgan fingerprint density at radius 2 is 1.90 bits per heavy atom. The average molecular weight is 272 g/mol. The van der Waals surface area contributed by atoms with E-state index in [1.807, 2.05) is 0 Å². The second kappa shape index (κ2) is 4.22. The third-order valence-electron chi connectivity index (χ3n) is 6.57. The van der Waals surface area contributed by atoms with Crippen molar-refractivity contribution in [2.24, 2.45) is 41.4 Å². The summed E-state index contributed by atoms with van der Waals surface area (Å²) in [6.07, 6.45) is 9.05. The highest BCUT2D eigenvalue weighted by molar-refractivity contribution is 5.87. The number of carbonyl (C=O) groups is 1. The second-order valence-electron chi connectivity index (χ2n) is 7.55. The molecule has 2 heteroatoms. The van der Waals surface area contributed by atoms with Crippen LogP contribution in [0.2, 0.25) is 0 Å². The van der Waals surface area contributed by atoms with Gasteiger partial charge in [0.25, 0.3) is 0 Å². The van der Waals surface area contributed by atoms with Crippen LogP contribution < -0.4 is 0 Å². The molecule has 0 radical (unpaired) electrons. The molecule has 0 heterocycles. The van der Waals surface area contributed by atoms with E-state index in [0.29, 0.717) is 11.5 Å². The van der Waals surface area contributed by atoms with E-state index in [2.05, 4.69) is 25.7 Å². The Morgan fingerprint density at radius 1 is 1.20 bits per heavy atom. The van der Waals surface area contributed by atoms with Crippen molar-refractivity contribution in [1.82, 2.24) is 0 Å². The maximum Gasteiger partial charge on any atom is 0.333 e. The molecule has 8 atom stereocenters. The number of rotatable bonds is 3. The fourth-order valence-corrected chi connectivity index (χ4v) is 5.96. The molecule has 3 saturated carbocycles. The summed E-state index contributed by atoms with van der Waals surface area (Å²) in [5.74, 6) is 5.58. The van der Waals surface area contributed by atoms with Crippen LogP contribution in [-0.2, 0) is 9.53 Å². The zero-order chi connectivity index (χ0) is 14.0. The highest BCUT2D eigenvalue weighted by atomic mass is 16.5. The fraction of sp³-hybridized carbons (Fsp3) is 0.722. The molecule has 0 aliphatic heterocycles. The quantitative estimate of drug-likeness (QED) is 0.340. The summed E-state index contributed by atoms with van der Waals surface area (Å²) < 4.78 is 5.62. The molecular weight excluding hydrogens is 248 g/mol. The molecule has 0 aromatic heterocycles. The zero-order valence-electron chi connectivity index (χ0n) is 12.4. The van der Waals surface area contributed by atoms with Gasteiger partial charge < -0.3 is 4.74 Å². The summed E-state index contributed by atoms with van der Waals surface area (Å²) in [4.78, 5) is 11.7. The van der Waals surface area contributed by atoms with Gasteiger partial charge in [-0.3, -0.25) is 0 Å². The van der Waals surface area contributed by atoms with Gasteiger partial charge in [-0.05, 0) is 74.5 Å². The molecule has 20 heavy (non-hydrogen) atoms. The zero-order valence-corrected chi connectivity index (χ0v) is 12.4. The minimum absolute atomic E-state index is 0.0539. The SMILES string of the molecule is C=C(C)C(=O)OC(C)C1CC2CC1C1C3C=CC(C3)C21. The fourth-order valence-electron chi connectivity index (χ4n) is 5.96. The van der Waals surface area contributed by atoms with Gasteiger partial charge in [-0.25, -0.2) is 4.79 Å². The van der Waals surface area contributed by atoms with Crippen LogP contribution in [0.25, 0.3) is 0 Å². The van der Waals surface area contributed by atoms with Crippen molar-refractivity contribution in [3.05, 3.63) is 24.3 Å². The van der Waals surface area contributed by atoms with Crippen LogP contribution in [0, 0.1) is 41.4 Å². The van der Waals surface area contributed by atoms with Crippen LogP contribution in [0.4, 0.5) is 0 Å². The van der Waals surface area contributed by atoms with Gasteiger partial charge in [-0.15, -0.1) is 0 Å². The van der Waals surface area contributed by atoms with Crippen molar-refractivity contribution < 1.29 is 9.53 Å². The predicted molar refractivity (Wildman–Crippen MR) is 77.8 cm³/mol. The molecule has 0 spiro atoms. The third kappa shape index (κ3) is 1.60. The topological polar surface area (TPSA) is 26.3 Å². The third-order valence-corrected chi connectivity index (χ3v) is 6.57. The van der Waals surface area contributed by atoms with Crippen molar-refractivity contribution in [1.29, 1.82) is 0 Å². The molecule has 3 fully saturated rings. The summed E-state index contributed by atoms with van der Waals surface area (Å²) in [7, 11) is 0. The molecule has 8 unspecified atom stereocenters. The van der Waals surface area contributed by atoms with Crippen LogP contribution in [0.15, 0.2) is 24.3 Å². The average Bonchev–Trinajstić information content (AvgIpc) is 3.15. The number of carbonyl (C=O) groups excluding carboxylic acids is 1. The Balaban J connectivity index is 1.49. The van der Waals surface area contributed by atoms with E-state index in [1.165, 1.54) is 19.3 Å². The van der Waals surface area contributed by atoms with Crippen molar-refractivity contribution in [2.75, 3.05) is 0 Å². The first-order chi connectivity index (χ1) is 9.56. The number of ether oxygens (including phenoxy) is 1. The number of hydrogen-bond donors (Lipinski definition) is 0. The van der Waals surface area contributed by atoms with Crippen LogP contribution in [0.5, 0.6) is 0 Å². The predicted octanol–water partition coefficient (Wildman–Crippen LogP) is 3.59. The largest absolute Gasteiger partial charge is 0.459 e. The molecule has 0 amide bonds. The van der Waals surface area contributed by atoms with E-state index in [0.717, 1.165) is 35.5 Å². The first kappa shape index (κ1) is 12.7. The highest BCUT2D eigenvalue weighted by Gasteiger charge is 2.61. The lowest BCUT2D eigenvalue weighted by Gasteiger charge is -2.38. The first-order valence-corrected chi connectivity index (χ1v) is 8.11. The van der Waals surface area contributed by atoms with E-state index in [9.17, 15) is 4.79 Å². The Labute approximate surface area is 121 Å². The second-order valence-corrected chi connectivity index (χ2v) is 7.55. The molecule has 2 nitrogen and oxygen atoms in total. The van der Waals surface area contributed by atoms with Crippen LogP contribution in [0.1, 0.15) is 33.1 Å². The summed E-state index contributed by atoms with van der Waals surface area (Å²) >= 11 is 0. The van der Waals surface area contributed by atoms with Gasteiger partial charge in [0.2, 0.25) is 0 Å². The van der Waals surface area contributed by atoms with Crippen LogP contribution in [0.3, 0.4) is 0 Å². The van der Waals surface area contributed by atoms with Gasteiger partial charge in [0.1, 0.15) is 6.10 Å². The lowest BCUT2D eigenvalue weighted by atomic mass is 9.68. The normalized spacial score (nSPS) is 48.4. The summed E-state index contributed by atoms with van der Waals surface area (Å²) in [5.41, 5.74) is 0.515. The number of fused-ring (bicyclic) bond motifs is 9. The van der Waals surface area contributed by atoms with E-state index in [4.69, 9.17) is 4.74 Å². The Hall–Kier alpha value is -1.05. The van der Waals surface area contributed by atoms with Crippen molar-refractivity contribution >= 4 is 5.97 Å². The van der Waals surface area contributed by atoms with Crippen molar-refractivity contribution in [3.63, 3.8) is 0 Å². The molecule has 4 aliphatic carbocycles. The summed E-state index contributed by atoms with van der Waals surface area (Å²) in [6.45, 7) is 7.50. The first-order valence-electron chi connectivity index (χ1n) is 8.11. The Morgan fingerprint density at radius 3 is 2.60 bits per heavy atom. The number of allylic oxidation sites excluding steroid dienone is 2. The van der Waals surface area contributed by atoms with Gasteiger partial charge >= 0.3 is 5.97 Å². The molecular formula is C18H24O2. The van der Waals surface area contributed by atoms with Gasteiger partial charge in [0.15, 0.2) is 0 Å². The highest BCUT2D eigenvalue weighted by Crippen LogP contribution is 2.67. The standard InChI is InChI=1S/C18H24O2/c1-9(2)18(19)20-10(3)14-7-13-8-15(14)17-12-5-4-11(6-12)16(13)17/h4-5,10-17H,1,6-8H2,2-3H3. The molecule has 0 saturated heterocycles. The van der Waals surface area contributed by atoms with Gasteiger partial charge in [0, 0.05) is 5.57 Å².